The number of sulfonamides is 1. The Hall–Kier alpha value is -1.35. The van der Waals surface area contributed by atoms with E-state index in [2.05, 4.69) is 10.2 Å². The number of amides is 1. The number of ether oxygens (including phenoxy) is 1. The molecular formula is C18H28ClN3O4S. The summed E-state index contributed by atoms with van der Waals surface area (Å²) in [5.74, 6) is -0.312. The standard InChI is InChI=1S/C18H28ClN3O4S/c1-4-17(18(23)20-7-8-21-9-11-26-12-10-21)22(27(3,24)25)15-6-5-14(2)16(19)13-15/h5-6,13,17H,4,7-12H2,1-3H3,(H,20,23)/t17-/m0/s1. The van der Waals surface area contributed by atoms with Crippen LogP contribution in [0, 0.1) is 6.92 Å². The molecule has 1 saturated heterocycles. The zero-order chi connectivity index (χ0) is 20.0. The third-order valence-corrected chi connectivity index (χ3v) is 6.16. The third-order valence-electron chi connectivity index (χ3n) is 4.57. The molecule has 7 nitrogen and oxygen atoms in total. The molecule has 27 heavy (non-hydrogen) atoms. The van der Waals surface area contributed by atoms with Crippen LogP contribution in [0.25, 0.3) is 0 Å². The summed E-state index contributed by atoms with van der Waals surface area (Å²) in [5, 5.41) is 3.33. The zero-order valence-electron chi connectivity index (χ0n) is 16.1. The van der Waals surface area contributed by atoms with Crippen LogP contribution in [0.2, 0.25) is 5.02 Å². The second-order valence-electron chi connectivity index (χ2n) is 6.66. The van der Waals surface area contributed by atoms with Gasteiger partial charge in [0.05, 0.1) is 25.2 Å². The first kappa shape index (κ1) is 21.9. The number of aryl methyl sites for hydroxylation is 1. The third kappa shape index (κ3) is 6.07. The Balaban J connectivity index is 2.11. The SMILES string of the molecule is CC[C@@H](C(=O)NCCN1CCOCC1)N(c1ccc(C)c(Cl)c1)S(C)(=O)=O. The Morgan fingerprint density at radius 2 is 2.04 bits per heavy atom. The Morgan fingerprint density at radius 1 is 1.37 bits per heavy atom. The lowest BCUT2D eigenvalue weighted by molar-refractivity contribution is -0.122. The highest BCUT2D eigenvalue weighted by molar-refractivity contribution is 7.92. The van der Waals surface area contributed by atoms with Crippen molar-refractivity contribution in [3.63, 3.8) is 0 Å². The number of hydrogen-bond donors (Lipinski definition) is 1. The maximum atomic E-state index is 12.7. The van der Waals surface area contributed by atoms with Crippen molar-refractivity contribution in [1.29, 1.82) is 0 Å². The molecule has 1 aliphatic rings. The molecule has 1 amide bonds. The van der Waals surface area contributed by atoms with Gasteiger partial charge in [0.25, 0.3) is 0 Å². The lowest BCUT2D eigenvalue weighted by Crippen LogP contribution is -2.50. The maximum absolute atomic E-state index is 12.7. The summed E-state index contributed by atoms with van der Waals surface area (Å²) in [7, 11) is -3.66. The van der Waals surface area contributed by atoms with Crippen LogP contribution < -0.4 is 9.62 Å². The molecule has 0 saturated carbocycles. The van der Waals surface area contributed by atoms with Crippen LogP contribution in [0.1, 0.15) is 18.9 Å². The number of anilines is 1. The minimum atomic E-state index is -3.66. The number of nitrogens with zero attached hydrogens (tertiary/aromatic N) is 2. The molecule has 0 aliphatic carbocycles. The van der Waals surface area contributed by atoms with Crippen molar-refractivity contribution < 1.29 is 17.9 Å². The smallest absolute Gasteiger partial charge is 0.243 e. The zero-order valence-corrected chi connectivity index (χ0v) is 17.6. The van der Waals surface area contributed by atoms with Gasteiger partial charge in [0.2, 0.25) is 15.9 Å². The van der Waals surface area contributed by atoms with Gasteiger partial charge in [-0.15, -0.1) is 0 Å². The molecule has 1 aromatic rings. The van der Waals surface area contributed by atoms with Gasteiger partial charge in [0.15, 0.2) is 0 Å². The van der Waals surface area contributed by atoms with Crippen LogP contribution in [0.5, 0.6) is 0 Å². The van der Waals surface area contributed by atoms with Crippen LogP contribution in [0.4, 0.5) is 5.69 Å². The number of carbonyl (C=O) groups excluding carboxylic acids is 1. The molecular weight excluding hydrogens is 390 g/mol. The van der Waals surface area contributed by atoms with Gasteiger partial charge >= 0.3 is 0 Å². The van der Waals surface area contributed by atoms with Gasteiger partial charge in [-0.3, -0.25) is 14.0 Å². The van der Waals surface area contributed by atoms with Crippen molar-refractivity contribution in [2.24, 2.45) is 0 Å². The molecule has 9 heteroatoms. The van der Waals surface area contributed by atoms with Gasteiger partial charge in [-0.2, -0.15) is 0 Å². The van der Waals surface area contributed by atoms with Crippen LogP contribution >= 0.6 is 11.6 Å². The van der Waals surface area contributed by atoms with E-state index in [1.807, 2.05) is 6.92 Å². The van der Waals surface area contributed by atoms with Gasteiger partial charge in [-0.05, 0) is 31.0 Å². The average Bonchev–Trinajstić information content (AvgIpc) is 2.62. The highest BCUT2D eigenvalue weighted by Gasteiger charge is 2.31. The van der Waals surface area contributed by atoms with E-state index in [9.17, 15) is 13.2 Å². The van der Waals surface area contributed by atoms with Gasteiger partial charge in [0.1, 0.15) is 6.04 Å². The average molecular weight is 418 g/mol. The topological polar surface area (TPSA) is 79.0 Å². The fourth-order valence-electron chi connectivity index (χ4n) is 3.06. The molecule has 152 valence electrons. The summed E-state index contributed by atoms with van der Waals surface area (Å²) in [6.45, 7) is 7.87. The second kappa shape index (κ2) is 9.73. The summed E-state index contributed by atoms with van der Waals surface area (Å²) in [6, 6.07) is 4.18. The van der Waals surface area contributed by atoms with Gasteiger partial charge in [-0.25, -0.2) is 8.42 Å². The van der Waals surface area contributed by atoms with E-state index >= 15 is 0 Å². The lowest BCUT2D eigenvalue weighted by Gasteiger charge is -2.31. The molecule has 0 radical (unpaired) electrons. The number of nitrogens with one attached hydrogen (secondary N) is 1. The number of hydrogen-bond acceptors (Lipinski definition) is 5. The van der Waals surface area contributed by atoms with Crippen LogP contribution in [0.3, 0.4) is 0 Å². The molecule has 2 rings (SSSR count). The number of rotatable bonds is 8. The number of morpholine rings is 1. The highest BCUT2D eigenvalue weighted by Crippen LogP contribution is 2.27. The van der Waals surface area contributed by atoms with E-state index in [0.717, 1.165) is 29.2 Å². The van der Waals surface area contributed by atoms with E-state index in [-0.39, 0.29) is 5.91 Å². The van der Waals surface area contributed by atoms with E-state index in [1.165, 1.54) is 0 Å². The van der Waals surface area contributed by atoms with Crippen molar-refractivity contribution in [2.75, 3.05) is 50.0 Å². The fraction of sp³-hybridized carbons (Fsp3) is 0.611. The molecule has 0 spiro atoms. The predicted octanol–water partition coefficient (Wildman–Crippen LogP) is 1.64. The van der Waals surface area contributed by atoms with E-state index in [0.29, 0.717) is 43.4 Å². The van der Waals surface area contributed by atoms with Gasteiger partial charge < -0.3 is 10.1 Å². The summed E-state index contributed by atoms with van der Waals surface area (Å²) in [6.07, 6.45) is 1.45. The maximum Gasteiger partial charge on any atom is 0.243 e. The summed E-state index contributed by atoms with van der Waals surface area (Å²) in [5.41, 5.74) is 1.24. The Bertz CT molecular complexity index is 751. The molecule has 1 fully saturated rings. The lowest BCUT2D eigenvalue weighted by atomic mass is 10.1. The normalized spacial score (nSPS) is 16.7. The van der Waals surface area contributed by atoms with Crippen LogP contribution in [-0.4, -0.2) is 70.9 Å². The fourth-order valence-corrected chi connectivity index (χ4v) is 4.44. The van der Waals surface area contributed by atoms with Gasteiger partial charge in [0, 0.05) is 31.2 Å². The largest absolute Gasteiger partial charge is 0.379 e. The Labute approximate surface area is 166 Å². The molecule has 0 unspecified atom stereocenters. The molecule has 0 bridgehead atoms. The number of halogens is 1. The molecule has 1 atom stereocenters. The summed E-state index contributed by atoms with van der Waals surface area (Å²) < 4.78 is 31.3. The Morgan fingerprint density at radius 3 is 2.59 bits per heavy atom. The number of carbonyl (C=O) groups is 1. The quantitative estimate of drug-likeness (QED) is 0.695. The predicted molar refractivity (Wildman–Crippen MR) is 108 cm³/mol. The van der Waals surface area contributed by atoms with Crippen molar-refractivity contribution in [2.45, 2.75) is 26.3 Å². The van der Waals surface area contributed by atoms with Crippen molar-refractivity contribution >= 4 is 33.2 Å². The first-order chi connectivity index (χ1) is 12.7. The van der Waals surface area contributed by atoms with E-state index in [1.54, 1.807) is 25.1 Å². The molecule has 1 heterocycles. The monoisotopic (exact) mass is 417 g/mol. The molecule has 1 N–H and O–H groups in total. The molecule has 1 aromatic carbocycles. The van der Waals surface area contributed by atoms with Crippen molar-refractivity contribution in [3.8, 4) is 0 Å². The van der Waals surface area contributed by atoms with E-state index in [4.69, 9.17) is 16.3 Å². The summed E-state index contributed by atoms with van der Waals surface area (Å²) in [4.78, 5) is 14.9. The molecule has 0 aromatic heterocycles. The van der Waals surface area contributed by atoms with E-state index < -0.39 is 16.1 Å². The van der Waals surface area contributed by atoms with Gasteiger partial charge in [-0.1, -0.05) is 24.6 Å². The first-order valence-corrected chi connectivity index (χ1v) is 11.3. The highest BCUT2D eigenvalue weighted by atomic mass is 35.5. The van der Waals surface area contributed by atoms with Crippen LogP contribution in [0.15, 0.2) is 18.2 Å². The molecule has 1 aliphatic heterocycles. The Kier molecular flexibility index (Phi) is 7.91. The van der Waals surface area contributed by atoms with Crippen LogP contribution in [-0.2, 0) is 19.6 Å². The van der Waals surface area contributed by atoms with Crippen molar-refractivity contribution in [3.05, 3.63) is 28.8 Å². The minimum absolute atomic E-state index is 0.312. The summed E-state index contributed by atoms with van der Waals surface area (Å²) >= 11 is 6.17. The minimum Gasteiger partial charge on any atom is -0.379 e. The first-order valence-electron chi connectivity index (χ1n) is 9.07. The second-order valence-corrected chi connectivity index (χ2v) is 8.93. The van der Waals surface area contributed by atoms with Crippen molar-refractivity contribution in [1.82, 2.24) is 10.2 Å². The number of benzene rings is 1.